The molecule has 1 atom stereocenters. The molecule has 3 aliphatic heterocycles. The molecule has 7 nitrogen and oxygen atoms in total. The van der Waals surface area contributed by atoms with E-state index in [1.165, 1.54) is 12.8 Å². The average molecular weight is 347 g/mol. The highest BCUT2D eigenvalue weighted by molar-refractivity contribution is 5.77. The van der Waals surface area contributed by atoms with E-state index in [0.717, 1.165) is 69.9 Å². The molecular weight excluding hydrogens is 318 g/mol. The number of hydrogen-bond donors (Lipinski definition) is 0. The van der Waals surface area contributed by atoms with Crippen LogP contribution in [-0.4, -0.2) is 76.7 Å². The first-order valence-corrected chi connectivity index (χ1v) is 9.53. The summed E-state index contributed by atoms with van der Waals surface area (Å²) >= 11 is 0. The smallest absolute Gasteiger partial charge is 0.222 e. The molecule has 0 aliphatic carbocycles. The monoisotopic (exact) mass is 347 g/mol. The largest absolute Gasteiger partial charge is 0.338 e. The molecule has 25 heavy (non-hydrogen) atoms. The fraction of sp³-hybridized carbons (Fsp3) is 0.833. The zero-order chi connectivity index (χ0) is 17.4. The maximum atomic E-state index is 12.5. The van der Waals surface area contributed by atoms with Crippen LogP contribution in [-0.2, 0) is 11.3 Å². The van der Waals surface area contributed by atoms with Crippen molar-refractivity contribution < 1.29 is 9.42 Å². The van der Waals surface area contributed by atoms with Gasteiger partial charge in [-0.05, 0) is 64.7 Å². The number of carbonyl (C=O) groups is 1. The summed E-state index contributed by atoms with van der Waals surface area (Å²) in [5.74, 6) is 0.373. The van der Waals surface area contributed by atoms with Crippen LogP contribution in [0.15, 0.2) is 4.63 Å². The van der Waals surface area contributed by atoms with Crippen LogP contribution in [0.2, 0.25) is 0 Å². The van der Waals surface area contributed by atoms with Crippen molar-refractivity contribution in [1.29, 1.82) is 0 Å². The first kappa shape index (κ1) is 17.0. The number of likely N-dealkylation sites (tertiary alicyclic amines) is 3. The molecule has 3 aliphatic rings. The Morgan fingerprint density at radius 3 is 2.64 bits per heavy atom. The minimum atomic E-state index is 0.322. The molecule has 0 bridgehead atoms. The van der Waals surface area contributed by atoms with Gasteiger partial charge in [0.25, 0.3) is 0 Å². The molecular formula is C18H29N5O2. The Bertz CT molecular complexity index is 623. The SMILES string of the molecule is Cc1nonc1CN1CCC2(CCC(=O)N(C3CCN(C)C3)C2)CC1. The number of hydrogen-bond acceptors (Lipinski definition) is 6. The zero-order valence-corrected chi connectivity index (χ0v) is 15.4. The van der Waals surface area contributed by atoms with Gasteiger partial charge in [-0.1, -0.05) is 10.3 Å². The maximum absolute atomic E-state index is 12.5. The lowest BCUT2D eigenvalue weighted by molar-refractivity contribution is -0.142. The fourth-order valence-electron chi connectivity index (χ4n) is 4.74. The van der Waals surface area contributed by atoms with Crippen LogP contribution < -0.4 is 0 Å². The number of amides is 1. The summed E-state index contributed by atoms with van der Waals surface area (Å²) in [6.07, 6.45) is 5.26. The minimum absolute atomic E-state index is 0.322. The predicted octanol–water partition coefficient (Wildman–Crippen LogP) is 1.29. The van der Waals surface area contributed by atoms with Gasteiger partial charge in [-0.15, -0.1) is 0 Å². The van der Waals surface area contributed by atoms with Gasteiger partial charge in [0.1, 0.15) is 11.4 Å². The second kappa shape index (κ2) is 6.68. The summed E-state index contributed by atoms with van der Waals surface area (Å²) in [5.41, 5.74) is 2.16. The molecule has 3 saturated heterocycles. The molecule has 1 spiro atoms. The van der Waals surface area contributed by atoms with Gasteiger partial charge in [0.05, 0.1) is 0 Å². The molecule has 7 heteroatoms. The standard InChI is InChI=1S/C18H29N5O2/c1-14-16(20-25-19-14)12-22-9-6-18(7-10-22)5-3-17(24)23(13-18)15-4-8-21(2)11-15/h15H,3-13H2,1-2H3. The number of aromatic nitrogens is 2. The van der Waals surface area contributed by atoms with Gasteiger partial charge >= 0.3 is 0 Å². The van der Waals surface area contributed by atoms with Crippen molar-refractivity contribution in [1.82, 2.24) is 25.0 Å². The Balaban J connectivity index is 1.37. The highest BCUT2D eigenvalue weighted by atomic mass is 16.6. The van der Waals surface area contributed by atoms with Crippen LogP contribution in [0, 0.1) is 12.3 Å². The Labute approximate surface area is 149 Å². The molecule has 1 amide bonds. The molecule has 3 fully saturated rings. The van der Waals surface area contributed by atoms with E-state index in [-0.39, 0.29) is 0 Å². The summed E-state index contributed by atoms with van der Waals surface area (Å²) in [7, 11) is 2.16. The molecule has 0 N–H and O–H groups in total. The van der Waals surface area contributed by atoms with E-state index in [2.05, 4.69) is 32.1 Å². The quantitative estimate of drug-likeness (QED) is 0.821. The Morgan fingerprint density at radius 2 is 2.00 bits per heavy atom. The van der Waals surface area contributed by atoms with Crippen LogP contribution in [0.3, 0.4) is 0 Å². The Kier molecular flexibility index (Phi) is 4.54. The Morgan fingerprint density at radius 1 is 1.20 bits per heavy atom. The van der Waals surface area contributed by atoms with Crippen LogP contribution in [0.4, 0.5) is 0 Å². The lowest BCUT2D eigenvalue weighted by Gasteiger charge is -2.49. The molecule has 4 rings (SSSR count). The summed E-state index contributed by atoms with van der Waals surface area (Å²) < 4.78 is 4.81. The van der Waals surface area contributed by atoms with Crippen molar-refractivity contribution in [2.75, 3.05) is 39.8 Å². The second-order valence-corrected chi connectivity index (χ2v) is 8.30. The number of piperidine rings is 2. The second-order valence-electron chi connectivity index (χ2n) is 8.30. The van der Waals surface area contributed by atoms with Gasteiger partial charge in [0.2, 0.25) is 5.91 Å². The third-order valence-corrected chi connectivity index (χ3v) is 6.54. The topological polar surface area (TPSA) is 65.7 Å². The van der Waals surface area contributed by atoms with E-state index in [9.17, 15) is 4.79 Å². The first-order chi connectivity index (χ1) is 12.0. The van der Waals surface area contributed by atoms with E-state index in [4.69, 9.17) is 4.63 Å². The molecule has 4 heterocycles. The summed E-state index contributed by atoms with van der Waals surface area (Å²) in [5, 5.41) is 7.88. The van der Waals surface area contributed by atoms with Crippen LogP contribution in [0.5, 0.6) is 0 Å². The minimum Gasteiger partial charge on any atom is -0.338 e. The third-order valence-electron chi connectivity index (χ3n) is 6.54. The van der Waals surface area contributed by atoms with Gasteiger partial charge in [-0.25, -0.2) is 4.63 Å². The lowest BCUT2D eigenvalue weighted by Crippen LogP contribution is -2.54. The van der Waals surface area contributed by atoms with E-state index in [1.54, 1.807) is 0 Å². The molecule has 1 aromatic rings. The molecule has 0 saturated carbocycles. The van der Waals surface area contributed by atoms with E-state index in [0.29, 0.717) is 17.4 Å². The van der Waals surface area contributed by atoms with Crippen LogP contribution in [0.25, 0.3) is 0 Å². The summed E-state index contributed by atoms with van der Waals surface area (Å²) in [4.78, 5) is 19.5. The fourth-order valence-corrected chi connectivity index (χ4v) is 4.74. The highest BCUT2D eigenvalue weighted by Gasteiger charge is 2.43. The molecule has 0 radical (unpaired) electrons. The van der Waals surface area contributed by atoms with E-state index >= 15 is 0 Å². The van der Waals surface area contributed by atoms with Gasteiger partial charge in [0.15, 0.2) is 0 Å². The molecule has 0 aromatic carbocycles. The number of likely N-dealkylation sites (N-methyl/N-ethyl adjacent to an activating group) is 1. The molecule has 1 unspecified atom stereocenters. The maximum Gasteiger partial charge on any atom is 0.222 e. The van der Waals surface area contributed by atoms with Gasteiger partial charge in [0, 0.05) is 32.1 Å². The summed E-state index contributed by atoms with van der Waals surface area (Å²) in [6.45, 7) is 8.01. The number of nitrogens with zero attached hydrogens (tertiary/aromatic N) is 5. The summed E-state index contributed by atoms with van der Waals surface area (Å²) in [6, 6.07) is 0.427. The number of aryl methyl sites for hydroxylation is 1. The van der Waals surface area contributed by atoms with Crippen molar-refractivity contribution in [2.45, 2.75) is 51.6 Å². The highest BCUT2D eigenvalue weighted by Crippen LogP contribution is 2.41. The Hall–Kier alpha value is -1.47. The number of rotatable bonds is 3. The van der Waals surface area contributed by atoms with E-state index < -0.39 is 0 Å². The normalized spacial score (nSPS) is 28.2. The van der Waals surface area contributed by atoms with Crippen molar-refractivity contribution in [3.63, 3.8) is 0 Å². The third kappa shape index (κ3) is 3.44. The molecule has 138 valence electrons. The van der Waals surface area contributed by atoms with Gasteiger partial charge < -0.3 is 9.80 Å². The lowest BCUT2D eigenvalue weighted by atomic mass is 9.72. The van der Waals surface area contributed by atoms with Gasteiger partial charge in [-0.2, -0.15) is 0 Å². The van der Waals surface area contributed by atoms with Crippen molar-refractivity contribution in [2.24, 2.45) is 5.41 Å². The average Bonchev–Trinajstić information content (AvgIpc) is 3.21. The van der Waals surface area contributed by atoms with Crippen LogP contribution in [0.1, 0.15) is 43.5 Å². The molecule has 1 aromatic heterocycles. The van der Waals surface area contributed by atoms with Crippen LogP contribution >= 0.6 is 0 Å². The van der Waals surface area contributed by atoms with E-state index in [1.807, 2.05) is 6.92 Å². The first-order valence-electron chi connectivity index (χ1n) is 9.53. The van der Waals surface area contributed by atoms with Crippen molar-refractivity contribution in [3.05, 3.63) is 11.4 Å². The van der Waals surface area contributed by atoms with Crippen molar-refractivity contribution in [3.8, 4) is 0 Å². The zero-order valence-electron chi connectivity index (χ0n) is 15.4. The predicted molar refractivity (Wildman–Crippen MR) is 92.8 cm³/mol. The number of carbonyl (C=O) groups excluding carboxylic acids is 1. The van der Waals surface area contributed by atoms with Gasteiger partial charge in [-0.3, -0.25) is 9.69 Å². The van der Waals surface area contributed by atoms with Crippen molar-refractivity contribution >= 4 is 5.91 Å².